The second-order valence-electron chi connectivity index (χ2n) is 4.99. The Bertz CT molecular complexity index is 847. The summed E-state index contributed by atoms with van der Waals surface area (Å²) in [4.78, 5) is 16.4. The molecule has 8 nitrogen and oxygen atoms in total. The van der Waals surface area contributed by atoms with Gasteiger partial charge in [-0.1, -0.05) is 11.8 Å². The van der Waals surface area contributed by atoms with Crippen LogP contribution in [0.5, 0.6) is 0 Å². The van der Waals surface area contributed by atoms with Gasteiger partial charge in [-0.2, -0.15) is 10.2 Å². The summed E-state index contributed by atoms with van der Waals surface area (Å²) in [7, 11) is 0. The second kappa shape index (κ2) is 7.09. The van der Waals surface area contributed by atoms with Gasteiger partial charge in [-0.3, -0.25) is 9.89 Å². The summed E-state index contributed by atoms with van der Waals surface area (Å²) in [5.74, 6) is 0.914. The van der Waals surface area contributed by atoms with Gasteiger partial charge in [-0.15, -0.1) is 5.10 Å². The van der Waals surface area contributed by atoms with E-state index in [1.807, 2.05) is 37.3 Å². The Labute approximate surface area is 142 Å². The van der Waals surface area contributed by atoms with Crippen molar-refractivity contribution in [2.75, 3.05) is 10.6 Å². The molecular formula is C15H15N7OS. The van der Waals surface area contributed by atoms with Crippen molar-refractivity contribution in [3.8, 4) is 0 Å². The van der Waals surface area contributed by atoms with Gasteiger partial charge in [0, 0.05) is 29.3 Å². The zero-order valence-corrected chi connectivity index (χ0v) is 13.9. The number of amides is 1. The van der Waals surface area contributed by atoms with Gasteiger partial charge in [0.2, 0.25) is 11.9 Å². The first-order valence-electron chi connectivity index (χ1n) is 7.13. The summed E-state index contributed by atoms with van der Waals surface area (Å²) >= 11 is 1.45. The molecule has 9 heteroatoms. The van der Waals surface area contributed by atoms with Crippen LogP contribution in [0, 0.1) is 6.92 Å². The van der Waals surface area contributed by atoms with E-state index in [0.717, 1.165) is 16.3 Å². The largest absolute Gasteiger partial charge is 0.326 e. The minimum atomic E-state index is -0.0975. The molecule has 0 aliphatic carbocycles. The van der Waals surface area contributed by atoms with Gasteiger partial charge in [0.25, 0.3) is 0 Å². The van der Waals surface area contributed by atoms with Gasteiger partial charge in [-0.05, 0) is 31.2 Å². The van der Waals surface area contributed by atoms with Crippen LogP contribution in [0.3, 0.4) is 0 Å². The summed E-state index contributed by atoms with van der Waals surface area (Å²) < 4.78 is 0. The Hall–Kier alpha value is -2.94. The molecule has 0 aliphatic heterocycles. The van der Waals surface area contributed by atoms with E-state index in [0.29, 0.717) is 16.8 Å². The van der Waals surface area contributed by atoms with E-state index in [-0.39, 0.29) is 5.91 Å². The first kappa shape index (κ1) is 15.9. The highest BCUT2D eigenvalue weighted by Crippen LogP contribution is 2.27. The number of aryl methyl sites for hydroxylation is 1. The summed E-state index contributed by atoms with van der Waals surface area (Å²) in [6.07, 6.45) is 1.59. The Kier molecular flexibility index (Phi) is 4.71. The molecular weight excluding hydrogens is 326 g/mol. The summed E-state index contributed by atoms with van der Waals surface area (Å²) in [6.45, 7) is 3.39. The lowest BCUT2D eigenvalue weighted by Crippen LogP contribution is -2.05. The van der Waals surface area contributed by atoms with Crippen molar-refractivity contribution in [3.63, 3.8) is 0 Å². The third-order valence-electron chi connectivity index (χ3n) is 2.88. The Morgan fingerprint density at radius 2 is 2.04 bits per heavy atom. The van der Waals surface area contributed by atoms with Crippen molar-refractivity contribution in [1.82, 2.24) is 25.4 Å². The van der Waals surface area contributed by atoms with E-state index in [9.17, 15) is 4.79 Å². The van der Waals surface area contributed by atoms with E-state index in [1.54, 1.807) is 6.20 Å². The highest BCUT2D eigenvalue weighted by molar-refractivity contribution is 7.99. The number of aromatic amines is 1. The molecule has 0 unspecified atom stereocenters. The maximum Gasteiger partial charge on any atom is 0.249 e. The fourth-order valence-electron chi connectivity index (χ4n) is 1.92. The number of benzene rings is 1. The molecule has 0 atom stereocenters. The smallest absolute Gasteiger partial charge is 0.249 e. The third kappa shape index (κ3) is 4.29. The van der Waals surface area contributed by atoms with Crippen molar-refractivity contribution in [3.05, 3.63) is 42.2 Å². The number of carbonyl (C=O) groups excluding carboxylic acids is 1. The number of nitrogens with one attached hydrogen (secondary N) is 3. The van der Waals surface area contributed by atoms with E-state index in [4.69, 9.17) is 0 Å². The molecule has 0 aliphatic rings. The van der Waals surface area contributed by atoms with E-state index >= 15 is 0 Å². The Morgan fingerprint density at radius 1 is 1.25 bits per heavy atom. The molecule has 122 valence electrons. The molecule has 1 aromatic carbocycles. The van der Waals surface area contributed by atoms with Crippen LogP contribution in [0.1, 0.15) is 12.6 Å². The number of hydrogen-bond donors (Lipinski definition) is 3. The average Bonchev–Trinajstić information content (AvgIpc) is 2.94. The SMILES string of the molecule is CC(=O)Nc1ccc(Sc2cnnc(Nc3cc(C)[nH]n3)n2)cc1. The minimum Gasteiger partial charge on any atom is -0.326 e. The van der Waals surface area contributed by atoms with Crippen molar-refractivity contribution in [2.45, 2.75) is 23.8 Å². The standard InChI is InChI=1S/C15H15N7OS/c1-9-7-13(21-20-9)18-15-19-14(8-16-22-15)24-12-5-3-11(4-6-12)17-10(2)23/h3-8H,1-2H3,(H,17,23)(H2,18,19,20,21,22). The Morgan fingerprint density at radius 3 is 2.71 bits per heavy atom. The quantitative estimate of drug-likeness (QED) is 0.654. The third-order valence-corrected chi connectivity index (χ3v) is 3.79. The molecule has 0 saturated heterocycles. The fourth-order valence-corrected chi connectivity index (χ4v) is 2.66. The van der Waals surface area contributed by atoms with Gasteiger partial charge in [-0.25, -0.2) is 4.98 Å². The highest BCUT2D eigenvalue weighted by Gasteiger charge is 2.05. The summed E-state index contributed by atoms with van der Waals surface area (Å²) in [5, 5.41) is 21.2. The summed E-state index contributed by atoms with van der Waals surface area (Å²) in [6, 6.07) is 9.34. The van der Waals surface area contributed by atoms with E-state index in [2.05, 4.69) is 36.0 Å². The lowest BCUT2D eigenvalue weighted by atomic mass is 10.3. The molecule has 3 N–H and O–H groups in total. The monoisotopic (exact) mass is 341 g/mol. The highest BCUT2D eigenvalue weighted by atomic mass is 32.2. The number of anilines is 3. The molecule has 0 bridgehead atoms. The molecule has 1 amide bonds. The Balaban J connectivity index is 1.69. The van der Waals surface area contributed by atoms with E-state index in [1.165, 1.54) is 18.7 Å². The molecule has 0 saturated carbocycles. The number of aromatic nitrogens is 5. The first-order chi connectivity index (χ1) is 11.6. The molecule has 0 fully saturated rings. The zero-order valence-electron chi connectivity index (χ0n) is 13.1. The first-order valence-corrected chi connectivity index (χ1v) is 7.94. The lowest BCUT2D eigenvalue weighted by molar-refractivity contribution is -0.114. The number of H-pyrrole nitrogens is 1. The van der Waals surface area contributed by atoms with Crippen LogP contribution in [-0.2, 0) is 4.79 Å². The van der Waals surface area contributed by atoms with Crippen LogP contribution in [0.15, 0.2) is 46.5 Å². The minimum absolute atomic E-state index is 0.0975. The fraction of sp³-hybridized carbons (Fsp3) is 0.133. The maximum absolute atomic E-state index is 11.0. The van der Waals surface area contributed by atoms with Gasteiger partial charge in [0.1, 0.15) is 5.03 Å². The number of carbonyl (C=O) groups is 1. The average molecular weight is 341 g/mol. The molecule has 2 aromatic heterocycles. The molecule has 0 spiro atoms. The lowest BCUT2D eigenvalue weighted by Gasteiger charge is -2.05. The number of hydrogen-bond acceptors (Lipinski definition) is 7. The van der Waals surface area contributed by atoms with Crippen molar-refractivity contribution >= 4 is 35.1 Å². The summed E-state index contributed by atoms with van der Waals surface area (Å²) in [5.41, 5.74) is 1.69. The van der Waals surface area contributed by atoms with Crippen LogP contribution in [0.2, 0.25) is 0 Å². The molecule has 0 radical (unpaired) electrons. The normalized spacial score (nSPS) is 10.4. The van der Waals surface area contributed by atoms with Gasteiger partial charge >= 0.3 is 0 Å². The predicted molar refractivity (Wildman–Crippen MR) is 91.3 cm³/mol. The van der Waals surface area contributed by atoms with Crippen molar-refractivity contribution in [2.24, 2.45) is 0 Å². The second-order valence-corrected chi connectivity index (χ2v) is 6.08. The topological polar surface area (TPSA) is 108 Å². The number of rotatable bonds is 5. The maximum atomic E-state index is 11.0. The molecule has 3 aromatic rings. The van der Waals surface area contributed by atoms with Gasteiger partial charge < -0.3 is 10.6 Å². The molecule has 24 heavy (non-hydrogen) atoms. The van der Waals surface area contributed by atoms with E-state index < -0.39 is 0 Å². The zero-order chi connectivity index (χ0) is 16.9. The van der Waals surface area contributed by atoms with Crippen molar-refractivity contribution < 1.29 is 4.79 Å². The van der Waals surface area contributed by atoms with Gasteiger partial charge in [0.15, 0.2) is 5.82 Å². The molecule has 3 rings (SSSR count). The van der Waals surface area contributed by atoms with Crippen LogP contribution >= 0.6 is 11.8 Å². The van der Waals surface area contributed by atoms with Crippen molar-refractivity contribution in [1.29, 1.82) is 0 Å². The van der Waals surface area contributed by atoms with Gasteiger partial charge in [0.05, 0.1) is 6.20 Å². The number of nitrogens with zero attached hydrogens (tertiary/aromatic N) is 4. The molecule has 2 heterocycles. The van der Waals surface area contributed by atoms with Crippen LogP contribution in [0.4, 0.5) is 17.5 Å². The van der Waals surface area contributed by atoms with Crippen LogP contribution in [-0.4, -0.2) is 31.3 Å². The van der Waals surface area contributed by atoms with Crippen LogP contribution < -0.4 is 10.6 Å². The predicted octanol–water partition coefficient (Wildman–Crippen LogP) is 2.76. The van der Waals surface area contributed by atoms with Crippen LogP contribution in [0.25, 0.3) is 0 Å².